The van der Waals surface area contributed by atoms with Gasteiger partial charge in [0.2, 0.25) is 0 Å². The van der Waals surface area contributed by atoms with Gasteiger partial charge < -0.3 is 8.83 Å². The molecule has 2 heteroatoms. The number of hydrogen-bond acceptors (Lipinski definition) is 2. The molecule has 0 spiro atoms. The Kier molecular flexibility index (Phi) is 2.39. The van der Waals surface area contributed by atoms with Gasteiger partial charge in [0.1, 0.15) is 22.5 Å². The summed E-state index contributed by atoms with van der Waals surface area (Å²) in [5.41, 5.74) is 0.468. The maximum Gasteiger partial charge on any atom is 0.139 e. The molecule has 40 heavy (non-hydrogen) atoms. The second-order valence-electron chi connectivity index (χ2n) is 9.35. The molecule has 0 unspecified atom stereocenters. The summed E-state index contributed by atoms with van der Waals surface area (Å²) in [6.45, 7) is 0. The Labute approximate surface area is 250 Å². The fourth-order valence-corrected chi connectivity index (χ4v) is 5.50. The molecule has 0 N–H and O–H groups in total. The number of fused-ring (bicyclic) bond motifs is 7. The lowest BCUT2D eigenvalue weighted by atomic mass is 9.86. The van der Waals surface area contributed by atoms with Gasteiger partial charge in [-0.05, 0) is 61.6 Å². The predicted molar refractivity (Wildman–Crippen MR) is 167 cm³/mol. The maximum atomic E-state index is 9.26. The summed E-state index contributed by atoms with van der Waals surface area (Å²) in [4.78, 5) is 0. The fraction of sp³-hybridized carbons (Fsp3) is 0. The van der Waals surface area contributed by atoms with Gasteiger partial charge in [-0.1, -0.05) is 109 Å². The fourth-order valence-electron chi connectivity index (χ4n) is 5.50. The molecular weight excluding hydrogens is 488 g/mol. The number of furan rings is 2. The van der Waals surface area contributed by atoms with Gasteiger partial charge in [0, 0.05) is 27.8 Å². The lowest BCUT2D eigenvalue weighted by molar-refractivity contribution is 0.629. The third kappa shape index (κ3) is 2.99. The number of para-hydroxylation sites is 1. The van der Waals surface area contributed by atoms with E-state index >= 15 is 0 Å². The zero-order valence-corrected chi connectivity index (χ0v) is 20.4. The summed E-state index contributed by atoms with van der Waals surface area (Å²) >= 11 is 0. The van der Waals surface area contributed by atoms with Gasteiger partial charge in [-0.2, -0.15) is 0 Å². The normalized spacial score (nSPS) is 17.2. The first kappa shape index (κ1) is 11.8. The third-order valence-corrected chi connectivity index (χ3v) is 7.20. The highest BCUT2D eigenvalue weighted by molar-refractivity contribution is 6.23. The molecule has 0 fully saturated rings. The van der Waals surface area contributed by atoms with Crippen molar-refractivity contribution in [3.8, 4) is 22.5 Å². The summed E-state index contributed by atoms with van der Waals surface area (Å²) in [6, 6.07) is 1.93. The van der Waals surface area contributed by atoms with Crippen molar-refractivity contribution in [2.75, 3.05) is 0 Å². The zero-order valence-electron chi connectivity index (χ0n) is 35.4. The van der Waals surface area contributed by atoms with E-state index in [4.69, 9.17) is 23.9 Å². The molecule has 0 aliphatic rings. The van der Waals surface area contributed by atoms with Gasteiger partial charge in [-0.25, -0.2) is 0 Å². The first-order chi connectivity index (χ1) is 26.1. The molecule has 9 aromatic rings. The lowest BCUT2D eigenvalue weighted by Gasteiger charge is -2.17. The molecule has 0 saturated carbocycles. The minimum atomic E-state index is -0.770. The van der Waals surface area contributed by atoms with Crippen molar-refractivity contribution in [3.63, 3.8) is 0 Å². The van der Waals surface area contributed by atoms with E-state index in [0.29, 0.717) is 22.1 Å². The quantitative estimate of drug-likeness (QED) is 0.210. The Hall–Kier alpha value is -5.34. The molecule has 7 aromatic carbocycles. The van der Waals surface area contributed by atoms with Crippen LogP contribution in [0.5, 0.6) is 0 Å². The van der Waals surface area contributed by atoms with Crippen LogP contribution in [-0.2, 0) is 0 Å². The number of benzene rings is 7. The van der Waals surface area contributed by atoms with Gasteiger partial charge in [0.05, 0.1) is 20.6 Å². The van der Waals surface area contributed by atoms with Crippen LogP contribution in [0.3, 0.4) is 0 Å². The molecule has 186 valence electrons. The Balaban J connectivity index is 1.58. The molecule has 2 nitrogen and oxygen atoms in total. The van der Waals surface area contributed by atoms with Crippen molar-refractivity contribution < 1.29 is 29.4 Å². The molecule has 2 heterocycles. The van der Waals surface area contributed by atoms with E-state index in [1.54, 1.807) is 12.1 Å². The molecule has 0 saturated heterocycles. The van der Waals surface area contributed by atoms with E-state index < -0.39 is 107 Å². The van der Waals surface area contributed by atoms with Gasteiger partial charge >= 0.3 is 0 Å². The molecule has 0 radical (unpaired) electrons. The molecule has 0 aliphatic heterocycles. The molecule has 0 amide bonds. The lowest BCUT2D eigenvalue weighted by Crippen LogP contribution is -1.90. The minimum Gasteiger partial charge on any atom is -0.456 e. The van der Waals surface area contributed by atoms with Crippen molar-refractivity contribution in [2.24, 2.45) is 0 Å². The van der Waals surface area contributed by atoms with Crippen LogP contribution >= 0.6 is 0 Å². The van der Waals surface area contributed by atoms with Crippen molar-refractivity contribution in [1.29, 1.82) is 0 Å². The third-order valence-electron chi connectivity index (χ3n) is 7.20. The highest BCUT2D eigenvalue weighted by Crippen LogP contribution is 2.46. The van der Waals surface area contributed by atoms with Gasteiger partial charge in [0.25, 0.3) is 0 Å². The van der Waals surface area contributed by atoms with E-state index in [1.807, 2.05) is 30.3 Å². The van der Waals surface area contributed by atoms with E-state index in [1.165, 1.54) is 0 Å². The highest BCUT2D eigenvalue weighted by atomic mass is 16.3. The van der Waals surface area contributed by atoms with Crippen molar-refractivity contribution in [3.05, 3.63) is 133 Å². The topological polar surface area (TPSA) is 26.3 Å². The monoisotopic (exact) mass is 525 g/mol. The Morgan fingerprint density at radius 3 is 1.85 bits per heavy atom. The second-order valence-corrected chi connectivity index (χ2v) is 9.35. The molecular formula is C38H22O2. The molecule has 0 atom stereocenters. The smallest absolute Gasteiger partial charge is 0.139 e. The maximum absolute atomic E-state index is 9.26. The van der Waals surface area contributed by atoms with Crippen LogP contribution in [0.4, 0.5) is 0 Å². The van der Waals surface area contributed by atoms with Crippen LogP contribution in [0.1, 0.15) is 20.6 Å². The molecule has 0 bridgehead atoms. The van der Waals surface area contributed by atoms with Crippen molar-refractivity contribution in [1.82, 2.24) is 0 Å². The standard InChI is InChI=1S/C38H22O2/c1-2-12-25-23(10-1)11-9-18-27(25)37-28-14-3-5-16-30(28)38(31-17-6-4-15-29(31)37)36-21-24-20-32-26-13-7-8-19-33(26)39-35(32)22-34(24)40-36/h1-22H/i1D,2D,3D,4D,5D,6D,9D,10D,11D,12D,14D,15D,16D,17D,18D. The first-order valence-electron chi connectivity index (χ1n) is 19.9. The summed E-state index contributed by atoms with van der Waals surface area (Å²) < 4.78 is 145. The van der Waals surface area contributed by atoms with Crippen LogP contribution < -0.4 is 0 Å². The van der Waals surface area contributed by atoms with Crippen LogP contribution in [0.15, 0.2) is 142 Å². The van der Waals surface area contributed by atoms with E-state index in [-0.39, 0.29) is 38.4 Å². The highest BCUT2D eigenvalue weighted by Gasteiger charge is 2.20. The SMILES string of the molecule is [2H]c1c([2H])c([2H])c2c(-c3c4c([2H])c([2H])c([2H])c([2H])c4c(-c4cc5cc6c(cc5o4)oc4ccccc46)c4c([2H])c([2H])c([2H])c([2H])c34)c([2H])c([2H])c([2H])c2c1[2H]. The molecule has 9 rings (SSSR count). The Morgan fingerprint density at radius 2 is 1.07 bits per heavy atom. The average Bonchev–Trinajstić information content (AvgIpc) is 3.76. The average molecular weight is 526 g/mol. The summed E-state index contributed by atoms with van der Waals surface area (Å²) in [5, 5.41) is 0.0388. The van der Waals surface area contributed by atoms with Gasteiger partial charge in [-0.3, -0.25) is 0 Å². The number of rotatable bonds is 2. The first-order valence-corrected chi connectivity index (χ1v) is 12.4. The summed E-state index contributed by atoms with van der Waals surface area (Å²) in [7, 11) is 0. The van der Waals surface area contributed by atoms with E-state index in [9.17, 15) is 5.48 Å². The number of hydrogen-bond donors (Lipinski definition) is 0. The van der Waals surface area contributed by atoms with E-state index in [2.05, 4.69) is 0 Å². The van der Waals surface area contributed by atoms with Crippen LogP contribution in [0.2, 0.25) is 0 Å². The van der Waals surface area contributed by atoms with Crippen LogP contribution in [0, 0.1) is 0 Å². The summed E-state index contributed by atoms with van der Waals surface area (Å²) in [5.74, 6) is -0.0240. The van der Waals surface area contributed by atoms with Gasteiger partial charge in [-0.15, -0.1) is 0 Å². The van der Waals surface area contributed by atoms with Crippen molar-refractivity contribution >= 4 is 65.2 Å². The Bertz CT molecular complexity index is 3180. The second kappa shape index (κ2) is 8.08. The van der Waals surface area contributed by atoms with Crippen molar-refractivity contribution in [2.45, 2.75) is 0 Å². The van der Waals surface area contributed by atoms with E-state index in [0.717, 1.165) is 10.8 Å². The molecule has 0 aliphatic carbocycles. The predicted octanol–water partition coefficient (Wildman–Crippen LogP) is 11.1. The zero-order chi connectivity index (χ0) is 39.3. The van der Waals surface area contributed by atoms with Crippen LogP contribution in [0.25, 0.3) is 87.7 Å². The Morgan fingerprint density at radius 1 is 0.425 bits per heavy atom. The van der Waals surface area contributed by atoms with Crippen LogP contribution in [-0.4, -0.2) is 0 Å². The summed E-state index contributed by atoms with van der Waals surface area (Å²) in [6.07, 6.45) is 0. The minimum absolute atomic E-state index is 0.0240. The largest absolute Gasteiger partial charge is 0.456 e. The molecule has 2 aromatic heterocycles. The van der Waals surface area contributed by atoms with Gasteiger partial charge in [0.15, 0.2) is 0 Å².